The normalized spacial score (nSPS) is 32.9. The smallest absolute Gasteiger partial charge is 0.244 e. The Labute approximate surface area is 146 Å². The van der Waals surface area contributed by atoms with Gasteiger partial charge < -0.3 is 16.8 Å². The highest BCUT2D eigenvalue weighted by Crippen LogP contribution is 2.40. The molecule has 126 valence electrons. The number of rotatable bonds is 3. The molecule has 3 unspecified atom stereocenters. The highest BCUT2D eigenvalue weighted by molar-refractivity contribution is 9.10. The number of nitrogens with one attached hydrogen (secondary N) is 1. The highest BCUT2D eigenvalue weighted by atomic mass is 79.9. The third-order valence-corrected chi connectivity index (χ3v) is 6.12. The average Bonchev–Trinajstić information content (AvgIpc) is 2.48. The van der Waals surface area contributed by atoms with Crippen LogP contribution in [0.5, 0.6) is 0 Å². The van der Waals surface area contributed by atoms with Gasteiger partial charge in [0.05, 0.1) is 0 Å². The van der Waals surface area contributed by atoms with Gasteiger partial charge in [0.15, 0.2) is 0 Å². The van der Waals surface area contributed by atoms with Gasteiger partial charge in [0.2, 0.25) is 5.91 Å². The maximum atomic E-state index is 12.9. The van der Waals surface area contributed by atoms with Gasteiger partial charge >= 0.3 is 0 Å². The molecular weight excluding hydrogens is 354 g/mol. The van der Waals surface area contributed by atoms with Crippen LogP contribution < -0.4 is 16.8 Å². The number of amides is 1. The van der Waals surface area contributed by atoms with Crippen molar-refractivity contribution in [3.8, 4) is 0 Å². The minimum absolute atomic E-state index is 0.0859. The molecule has 2 saturated carbocycles. The monoisotopic (exact) mass is 379 g/mol. The second-order valence-corrected chi connectivity index (χ2v) is 8.31. The Balaban J connectivity index is 1.74. The van der Waals surface area contributed by atoms with Crippen LogP contribution in [0.4, 0.5) is 0 Å². The SMILES string of the molecule is CC(N)(C(=O)NC1C2CCCC1CC(N)C2)c1ccc(Br)cc1. The zero-order valence-corrected chi connectivity index (χ0v) is 15.2. The molecule has 2 fully saturated rings. The van der Waals surface area contributed by atoms with E-state index in [1.165, 1.54) is 6.42 Å². The third-order valence-electron chi connectivity index (χ3n) is 5.59. The minimum atomic E-state index is -1.02. The fourth-order valence-electron chi connectivity index (χ4n) is 4.25. The first kappa shape index (κ1) is 16.9. The van der Waals surface area contributed by atoms with E-state index in [0.29, 0.717) is 11.8 Å². The molecule has 0 radical (unpaired) electrons. The van der Waals surface area contributed by atoms with Crippen LogP contribution in [0.25, 0.3) is 0 Å². The molecule has 0 saturated heterocycles. The first-order valence-electron chi connectivity index (χ1n) is 8.49. The molecule has 3 atom stereocenters. The van der Waals surface area contributed by atoms with E-state index >= 15 is 0 Å². The van der Waals surface area contributed by atoms with Crippen LogP contribution in [-0.2, 0) is 10.3 Å². The summed E-state index contributed by atoms with van der Waals surface area (Å²) in [4.78, 5) is 12.9. The summed E-state index contributed by atoms with van der Waals surface area (Å²) >= 11 is 3.41. The van der Waals surface area contributed by atoms with Crippen molar-refractivity contribution in [3.05, 3.63) is 34.3 Å². The Morgan fingerprint density at radius 1 is 1.22 bits per heavy atom. The summed E-state index contributed by atoms with van der Waals surface area (Å²) in [5.41, 5.74) is 12.4. The van der Waals surface area contributed by atoms with Crippen LogP contribution in [0.3, 0.4) is 0 Å². The molecule has 1 aromatic carbocycles. The van der Waals surface area contributed by atoms with Crippen molar-refractivity contribution in [2.24, 2.45) is 23.3 Å². The lowest BCUT2D eigenvalue weighted by Gasteiger charge is -2.46. The van der Waals surface area contributed by atoms with Crippen LogP contribution in [0, 0.1) is 11.8 Å². The van der Waals surface area contributed by atoms with E-state index in [2.05, 4.69) is 21.2 Å². The number of hydrogen-bond donors (Lipinski definition) is 3. The molecule has 1 aromatic rings. The van der Waals surface area contributed by atoms with E-state index < -0.39 is 5.54 Å². The zero-order valence-electron chi connectivity index (χ0n) is 13.6. The van der Waals surface area contributed by atoms with Crippen molar-refractivity contribution in [1.29, 1.82) is 0 Å². The first-order valence-corrected chi connectivity index (χ1v) is 9.28. The molecule has 1 amide bonds. The van der Waals surface area contributed by atoms with Crippen LogP contribution in [0.15, 0.2) is 28.7 Å². The fourth-order valence-corrected chi connectivity index (χ4v) is 4.52. The van der Waals surface area contributed by atoms with Gasteiger partial charge in [-0.3, -0.25) is 4.79 Å². The van der Waals surface area contributed by atoms with Crippen molar-refractivity contribution in [1.82, 2.24) is 5.32 Å². The predicted octanol–water partition coefficient (Wildman–Crippen LogP) is 2.65. The van der Waals surface area contributed by atoms with Gasteiger partial charge in [0.1, 0.15) is 5.54 Å². The van der Waals surface area contributed by atoms with Gasteiger partial charge in [-0.05, 0) is 62.1 Å². The summed E-state index contributed by atoms with van der Waals surface area (Å²) in [6, 6.07) is 8.16. The van der Waals surface area contributed by atoms with Crippen molar-refractivity contribution < 1.29 is 4.79 Å². The Kier molecular flexibility index (Phi) is 4.81. The maximum absolute atomic E-state index is 12.9. The van der Waals surface area contributed by atoms with Crippen LogP contribution in [0.1, 0.15) is 44.6 Å². The second-order valence-electron chi connectivity index (χ2n) is 7.39. The largest absolute Gasteiger partial charge is 0.351 e. The lowest BCUT2D eigenvalue weighted by molar-refractivity contribution is -0.128. The number of halogens is 1. The van der Waals surface area contributed by atoms with Crippen LogP contribution in [-0.4, -0.2) is 18.0 Å². The number of hydrogen-bond acceptors (Lipinski definition) is 3. The quantitative estimate of drug-likeness (QED) is 0.754. The Morgan fingerprint density at radius 3 is 2.35 bits per heavy atom. The molecular formula is C18H26BrN3O. The summed E-state index contributed by atoms with van der Waals surface area (Å²) in [7, 11) is 0. The van der Waals surface area contributed by atoms with Crippen molar-refractivity contribution in [2.45, 2.75) is 56.7 Å². The second kappa shape index (κ2) is 6.54. The molecule has 0 spiro atoms. The van der Waals surface area contributed by atoms with Gasteiger partial charge in [0, 0.05) is 16.6 Å². The van der Waals surface area contributed by atoms with Crippen molar-refractivity contribution in [2.75, 3.05) is 0 Å². The molecule has 2 aliphatic carbocycles. The zero-order chi connectivity index (χ0) is 16.6. The molecule has 4 nitrogen and oxygen atoms in total. The van der Waals surface area contributed by atoms with Gasteiger partial charge in [-0.15, -0.1) is 0 Å². The average molecular weight is 380 g/mol. The summed E-state index contributed by atoms with van der Waals surface area (Å²) in [5.74, 6) is 0.918. The summed E-state index contributed by atoms with van der Waals surface area (Å²) in [6.07, 6.45) is 5.60. The Bertz CT molecular complexity index is 558. The molecule has 2 bridgehead atoms. The minimum Gasteiger partial charge on any atom is -0.351 e. The molecule has 3 rings (SSSR count). The molecule has 5 N–H and O–H groups in total. The number of nitrogens with two attached hydrogens (primary N) is 2. The van der Waals surface area contributed by atoms with Crippen molar-refractivity contribution in [3.63, 3.8) is 0 Å². The molecule has 0 heterocycles. The van der Waals surface area contributed by atoms with Gasteiger partial charge in [-0.1, -0.05) is 34.5 Å². The van der Waals surface area contributed by atoms with Gasteiger partial charge in [0.25, 0.3) is 0 Å². The standard InChI is InChI=1S/C18H26BrN3O/c1-18(21,13-5-7-14(19)8-6-13)17(23)22-16-11-3-2-4-12(16)10-15(20)9-11/h5-8,11-12,15-16H,2-4,9-10,20-21H2,1H3,(H,22,23). The van der Waals surface area contributed by atoms with E-state index in [0.717, 1.165) is 35.7 Å². The number of fused-ring (bicyclic) bond motifs is 2. The molecule has 5 heteroatoms. The van der Waals surface area contributed by atoms with E-state index in [1.807, 2.05) is 24.3 Å². The van der Waals surface area contributed by atoms with Gasteiger partial charge in [-0.2, -0.15) is 0 Å². The Hall–Kier alpha value is -0.910. The van der Waals surface area contributed by atoms with Crippen LogP contribution >= 0.6 is 15.9 Å². The van der Waals surface area contributed by atoms with E-state index in [-0.39, 0.29) is 18.0 Å². The topological polar surface area (TPSA) is 81.1 Å². The molecule has 23 heavy (non-hydrogen) atoms. The number of benzene rings is 1. The summed E-state index contributed by atoms with van der Waals surface area (Å²) in [5, 5.41) is 3.26. The first-order chi connectivity index (χ1) is 10.9. The summed E-state index contributed by atoms with van der Waals surface area (Å²) < 4.78 is 0.980. The number of carbonyl (C=O) groups is 1. The molecule has 0 aromatic heterocycles. The predicted molar refractivity (Wildman–Crippen MR) is 95.7 cm³/mol. The van der Waals surface area contributed by atoms with Crippen LogP contribution in [0.2, 0.25) is 0 Å². The summed E-state index contributed by atoms with van der Waals surface area (Å²) in [6.45, 7) is 1.79. The van der Waals surface area contributed by atoms with E-state index in [9.17, 15) is 4.79 Å². The van der Waals surface area contributed by atoms with Crippen molar-refractivity contribution >= 4 is 21.8 Å². The molecule has 2 aliphatic rings. The molecule has 0 aliphatic heterocycles. The van der Waals surface area contributed by atoms with E-state index in [1.54, 1.807) is 6.92 Å². The Morgan fingerprint density at radius 2 is 1.78 bits per heavy atom. The highest BCUT2D eigenvalue weighted by Gasteiger charge is 2.42. The fraction of sp³-hybridized carbons (Fsp3) is 0.611. The maximum Gasteiger partial charge on any atom is 0.244 e. The van der Waals surface area contributed by atoms with Gasteiger partial charge in [-0.25, -0.2) is 0 Å². The van der Waals surface area contributed by atoms with E-state index in [4.69, 9.17) is 11.5 Å². The number of carbonyl (C=O) groups excluding carboxylic acids is 1. The lowest BCUT2D eigenvalue weighted by Crippen LogP contribution is -2.59. The third kappa shape index (κ3) is 3.47. The lowest BCUT2D eigenvalue weighted by atomic mass is 9.66.